The van der Waals surface area contributed by atoms with E-state index in [1.54, 1.807) is 12.1 Å². The lowest BCUT2D eigenvalue weighted by molar-refractivity contribution is -0.146. The van der Waals surface area contributed by atoms with E-state index in [0.717, 1.165) is 4.57 Å². The van der Waals surface area contributed by atoms with Crippen molar-refractivity contribution >= 4 is 51.7 Å². The topological polar surface area (TPSA) is 88.9 Å². The number of aromatic nitrogens is 3. The molecule has 2 aromatic carbocycles. The van der Waals surface area contributed by atoms with Crippen molar-refractivity contribution in [1.29, 1.82) is 0 Å². The molecule has 0 spiro atoms. The second-order valence-electron chi connectivity index (χ2n) is 7.31. The normalized spacial score (nSPS) is 11.5. The van der Waals surface area contributed by atoms with E-state index in [1.807, 2.05) is 0 Å². The van der Waals surface area contributed by atoms with Crippen molar-refractivity contribution in [2.75, 3.05) is 11.9 Å². The van der Waals surface area contributed by atoms with Crippen molar-refractivity contribution in [2.24, 2.45) is 0 Å². The number of nitrogens with one attached hydrogen (secondary N) is 2. The summed E-state index contributed by atoms with van der Waals surface area (Å²) in [6.45, 7) is -0.320. The lowest BCUT2D eigenvalue weighted by atomic mass is 10.2. The van der Waals surface area contributed by atoms with Crippen LogP contribution in [0.4, 0.5) is 18.9 Å². The highest BCUT2D eigenvalue weighted by atomic mass is 35.5. The van der Waals surface area contributed by atoms with Crippen molar-refractivity contribution < 1.29 is 22.8 Å². The SMILES string of the molecule is O=C(NCCn1c(C(F)(F)F)nc2c(NC(=O)c3c(Cl)cccc3Cl)cccc21)c1cccnc1. The Balaban J connectivity index is 1.64. The molecule has 0 aliphatic heterocycles. The van der Waals surface area contributed by atoms with Crippen LogP contribution in [0, 0.1) is 0 Å². The maximum Gasteiger partial charge on any atom is 0.449 e. The molecule has 4 rings (SSSR count). The van der Waals surface area contributed by atoms with Gasteiger partial charge in [-0.05, 0) is 36.4 Å². The third-order valence-corrected chi connectivity index (χ3v) is 5.65. The molecule has 2 amide bonds. The number of pyridine rings is 1. The number of fused-ring (bicyclic) bond motifs is 1. The number of carbonyl (C=O) groups is 2. The molecule has 180 valence electrons. The quantitative estimate of drug-likeness (QED) is 0.353. The van der Waals surface area contributed by atoms with Gasteiger partial charge in [-0.2, -0.15) is 13.2 Å². The number of anilines is 1. The van der Waals surface area contributed by atoms with Gasteiger partial charge in [-0.3, -0.25) is 14.6 Å². The maximum absolute atomic E-state index is 13.8. The Bertz CT molecular complexity index is 1390. The summed E-state index contributed by atoms with van der Waals surface area (Å²) in [7, 11) is 0. The van der Waals surface area contributed by atoms with Crippen LogP contribution in [0.1, 0.15) is 26.5 Å². The fourth-order valence-electron chi connectivity index (χ4n) is 3.47. The Labute approximate surface area is 206 Å². The molecular weight excluding hydrogens is 506 g/mol. The number of nitrogens with zero attached hydrogens (tertiary/aromatic N) is 3. The van der Waals surface area contributed by atoms with Gasteiger partial charge in [0.2, 0.25) is 5.82 Å². The number of imidazole rings is 1. The molecule has 0 saturated heterocycles. The average Bonchev–Trinajstić information content (AvgIpc) is 3.20. The third kappa shape index (κ3) is 5.23. The largest absolute Gasteiger partial charge is 0.449 e. The van der Waals surface area contributed by atoms with Crippen molar-refractivity contribution in [2.45, 2.75) is 12.7 Å². The summed E-state index contributed by atoms with van der Waals surface area (Å²) in [5, 5.41) is 5.29. The number of amides is 2. The first kappa shape index (κ1) is 24.5. The number of para-hydroxylation sites is 1. The number of hydrogen-bond donors (Lipinski definition) is 2. The zero-order chi connectivity index (χ0) is 25.2. The number of hydrogen-bond acceptors (Lipinski definition) is 4. The standard InChI is InChI=1S/C23H16Cl2F3N5O2/c24-14-5-1-6-15(25)18(14)21(35)31-16-7-2-8-17-19(16)32-22(23(26,27)28)33(17)11-10-30-20(34)13-4-3-9-29-12-13/h1-9,12H,10-11H2,(H,30,34)(H,31,35). The van der Waals surface area contributed by atoms with Crippen LogP contribution in [-0.2, 0) is 12.7 Å². The summed E-state index contributed by atoms with van der Waals surface area (Å²) >= 11 is 12.1. The van der Waals surface area contributed by atoms with Gasteiger partial charge in [0.25, 0.3) is 11.8 Å². The molecule has 0 atom stereocenters. The molecule has 12 heteroatoms. The average molecular weight is 522 g/mol. The molecule has 0 unspecified atom stereocenters. The fraction of sp³-hybridized carbons (Fsp3) is 0.130. The summed E-state index contributed by atoms with van der Waals surface area (Å²) in [6, 6.07) is 12.0. The third-order valence-electron chi connectivity index (χ3n) is 5.02. The van der Waals surface area contributed by atoms with E-state index >= 15 is 0 Å². The van der Waals surface area contributed by atoms with Crippen LogP contribution in [0.25, 0.3) is 11.0 Å². The number of alkyl halides is 3. The monoisotopic (exact) mass is 521 g/mol. The highest BCUT2D eigenvalue weighted by Crippen LogP contribution is 2.34. The first-order valence-electron chi connectivity index (χ1n) is 10.2. The molecule has 35 heavy (non-hydrogen) atoms. The van der Waals surface area contributed by atoms with Crippen LogP contribution >= 0.6 is 23.2 Å². The second kappa shape index (κ2) is 9.93. The van der Waals surface area contributed by atoms with Crippen molar-refractivity contribution in [3.05, 3.63) is 87.9 Å². The Hall–Kier alpha value is -3.63. The molecule has 2 aromatic heterocycles. The Morgan fingerprint density at radius 3 is 2.34 bits per heavy atom. The summed E-state index contributed by atoms with van der Waals surface area (Å²) in [4.78, 5) is 32.6. The highest BCUT2D eigenvalue weighted by Gasteiger charge is 2.38. The van der Waals surface area contributed by atoms with Crippen molar-refractivity contribution in [3.63, 3.8) is 0 Å². The number of carbonyl (C=O) groups excluding carboxylic acids is 2. The van der Waals surface area contributed by atoms with Crippen LogP contribution in [0.2, 0.25) is 10.0 Å². The van der Waals surface area contributed by atoms with E-state index in [4.69, 9.17) is 23.2 Å². The lowest BCUT2D eigenvalue weighted by Crippen LogP contribution is -2.28. The van der Waals surface area contributed by atoms with E-state index in [-0.39, 0.29) is 51.0 Å². The van der Waals surface area contributed by atoms with E-state index in [0.29, 0.717) is 0 Å². The van der Waals surface area contributed by atoms with Crippen LogP contribution in [0.15, 0.2) is 60.9 Å². The first-order chi connectivity index (χ1) is 16.7. The maximum atomic E-state index is 13.8. The van der Waals surface area contributed by atoms with E-state index in [1.165, 1.54) is 48.8 Å². The molecule has 2 heterocycles. The minimum atomic E-state index is -4.78. The van der Waals surface area contributed by atoms with Gasteiger partial charge in [-0.15, -0.1) is 0 Å². The molecule has 0 bridgehead atoms. The molecule has 0 aliphatic carbocycles. The van der Waals surface area contributed by atoms with Crippen LogP contribution in [0.5, 0.6) is 0 Å². The van der Waals surface area contributed by atoms with Crippen LogP contribution in [0.3, 0.4) is 0 Å². The van der Waals surface area contributed by atoms with Gasteiger partial charge in [0, 0.05) is 25.5 Å². The molecule has 2 N–H and O–H groups in total. The zero-order valence-electron chi connectivity index (χ0n) is 17.7. The van der Waals surface area contributed by atoms with Crippen molar-refractivity contribution in [3.8, 4) is 0 Å². The van der Waals surface area contributed by atoms with Gasteiger partial charge < -0.3 is 15.2 Å². The summed E-state index contributed by atoms with van der Waals surface area (Å²) in [5.41, 5.74) is 0.363. The second-order valence-corrected chi connectivity index (χ2v) is 8.12. The minimum Gasteiger partial charge on any atom is -0.350 e. The number of benzene rings is 2. The van der Waals surface area contributed by atoms with Gasteiger partial charge in [-0.25, -0.2) is 4.98 Å². The van der Waals surface area contributed by atoms with E-state index < -0.39 is 23.8 Å². The highest BCUT2D eigenvalue weighted by molar-refractivity contribution is 6.40. The molecule has 4 aromatic rings. The Morgan fingerprint density at radius 1 is 0.971 bits per heavy atom. The molecule has 0 radical (unpaired) electrons. The minimum absolute atomic E-state index is 0.0126. The first-order valence-corrected chi connectivity index (χ1v) is 10.9. The zero-order valence-corrected chi connectivity index (χ0v) is 19.2. The van der Waals surface area contributed by atoms with Crippen molar-refractivity contribution in [1.82, 2.24) is 19.9 Å². The molecule has 7 nitrogen and oxygen atoms in total. The van der Waals surface area contributed by atoms with Gasteiger partial charge >= 0.3 is 6.18 Å². The Kier molecular flexibility index (Phi) is 6.95. The van der Waals surface area contributed by atoms with Gasteiger partial charge in [0.1, 0.15) is 5.52 Å². The van der Waals surface area contributed by atoms with Gasteiger partial charge in [-0.1, -0.05) is 35.3 Å². The van der Waals surface area contributed by atoms with E-state index in [9.17, 15) is 22.8 Å². The molecule has 0 saturated carbocycles. The summed E-state index contributed by atoms with van der Waals surface area (Å²) in [6.07, 6.45) is -1.93. The fourth-order valence-corrected chi connectivity index (χ4v) is 4.04. The summed E-state index contributed by atoms with van der Waals surface area (Å²) in [5.74, 6) is -2.33. The molecule has 0 fully saturated rings. The predicted octanol–water partition coefficient (Wildman–Crippen LogP) is 5.44. The molecule has 0 aliphatic rings. The Morgan fingerprint density at radius 2 is 1.69 bits per heavy atom. The number of rotatable bonds is 6. The van der Waals surface area contributed by atoms with Crippen LogP contribution in [-0.4, -0.2) is 32.9 Å². The van der Waals surface area contributed by atoms with Crippen LogP contribution < -0.4 is 10.6 Å². The van der Waals surface area contributed by atoms with E-state index in [2.05, 4.69) is 20.6 Å². The van der Waals surface area contributed by atoms with Gasteiger partial charge in [0.05, 0.1) is 32.4 Å². The summed E-state index contributed by atoms with van der Waals surface area (Å²) < 4.78 is 42.3. The number of halogens is 5. The molecular formula is C23H16Cl2F3N5O2. The van der Waals surface area contributed by atoms with Gasteiger partial charge in [0.15, 0.2) is 0 Å². The smallest absolute Gasteiger partial charge is 0.350 e. The predicted molar refractivity (Wildman–Crippen MR) is 126 cm³/mol. The lowest BCUT2D eigenvalue weighted by Gasteiger charge is -2.12.